The third kappa shape index (κ3) is 5.71. The summed E-state index contributed by atoms with van der Waals surface area (Å²) in [6.45, 7) is 4.24. The molecule has 194 valence electrons. The molecule has 2 amide bonds. The topological polar surface area (TPSA) is 92.5 Å². The van der Waals surface area contributed by atoms with Crippen LogP contribution in [0.15, 0.2) is 76.3 Å². The molecule has 0 aliphatic carbocycles. The van der Waals surface area contributed by atoms with E-state index in [-0.39, 0.29) is 30.2 Å². The highest BCUT2D eigenvalue weighted by Gasteiger charge is 2.33. The van der Waals surface area contributed by atoms with Crippen LogP contribution in [0.5, 0.6) is 0 Å². The van der Waals surface area contributed by atoms with Crippen molar-refractivity contribution in [3.63, 3.8) is 0 Å². The molecule has 38 heavy (non-hydrogen) atoms. The summed E-state index contributed by atoms with van der Waals surface area (Å²) in [7, 11) is 1.83. The van der Waals surface area contributed by atoms with Gasteiger partial charge in [0.15, 0.2) is 11.0 Å². The maximum absolute atomic E-state index is 13.4. The lowest BCUT2D eigenvalue weighted by molar-refractivity contribution is -0.130. The Hall–Kier alpha value is -3.76. The molecule has 0 bridgehead atoms. The van der Waals surface area contributed by atoms with Crippen LogP contribution < -0.4 is 5.32 Å². The molecule has 2 aromatic carbocycles. The van der Waals surface area contributed by atoms with Crippen LogP contribution in [0.2, 0.25) is 0 Å². The van der Waals surface area contributed by atoms with Crippen LogP contribution in [0.25, 0.3) is 0 Å². The molecule has 0 radical (unpaired) electrons. The van der Waals surface area contributed by atoms with Gasteiger partial charge >= 0.3 is 0 Å². The SMILES string of the molecule is Cc1ccc(C2CC(c3cccs3)=NN2C(=O)CSc2nnc(CNC(=O)c3cccc(C)c3)n2C)cc1. The average Bonchev–Trinajstić information content (AvgIpc) is 3.67. The molecule has 3 heterocycles. The summed E-state index contributed by atoms with van der Waals surface area (Å²) in [5, 5.41) is 20.3. The predicted molar refractivity (Wildman–Crippen MR) is 150 cm³/mol. The van der Waals surface area contributed by atoms with E-state index in [1.165, 1.54) is 17.3 Å². The second-order valence-electron chi connectivity index (χ2n) is 9.19. The molecule has 0 saturated heterocycles. The Labute approximate surface area is 229 Å². The first-order chi connectivity index (χ1) is 18.4. The van der Waals surface area contributed by atoms with Crippen molar-refractivity contribution in [2.45, 2.75) is 38.0 Å². The Morgan fingerprint density at radius 1 is 1.05 bits per heavy atom. The van der Waals surface area contributed by atoms with Crippen molar-refractivity contribution in [1.82, 2.24) is 25.1 Å². The van der Waals surface area contributed by atoms with E-state index >= 15 is 0 Å². The van der Waals surface area contributed by atoms with Gasteiger partial charge in [-0.05, 0) is 43.0 Å². The van der Waals surface area contributed by atoms with E-state index in [1.54, 1.807) is 27.0 Å². The monoisotopic (exact) mass is 544 g/mol. The molecule has 0 saturated carbocycles. The zero-order valence-electron chi connectivity index (χ0n) is 21.4. The number of nitrogens with zero attached hydrogens (tertiary/aromatic N) is 5. The standard InChI is InChI=1S/C28H28N6O2S2/c1-18-9-11-20(12-10-18)23-15-22(24-8-5-13-37-24)32-34(23)26(35)17-38-28-31-30-25(33(28)3)16-29-27(36)21-7-4-6-19(2)14-21/h4-14,23H,15-17H2,1-3H3,(H,29,36). The number of benzene rings is 2. The van der Waals surface area contributed by atoms with Crippen molar-refractivity contribution in [3.8, 4) is 0 Å². The van der Waals surface area contributed by atoms with Crippen molar-refractivity contribution in [2.24, 2.45) is 12.1 Å². The van der Waals surface area contributed by atoms with Gasteiger partial charge in [0.2, 0.25) is 0 Å². The lowest BCUT2D eigenvalue weighted by Crippen LogP contribution is -2.28. The van der Waals surface area contributed by atoms with Crippen LogP contribution in [0.1, 0.15) is 50.2 Å². The minimum absolute atomic E-state index is 0.0931. The van der Waals surface area contributed by atoms with Crippen LogP contribution in [0.3, 0.4) is 0 Å². The molecule has 5 rings (SSSR count). The highest BCUT2D eigenvalue weighted by atomic mass is 32.2. The largest absolute Gasteiger partial charge is 0.345 e. The van der Waals surface area contributed by atoms with Gasteiger partial charge in [0.25, 0.3) is 11.8 Å². The summed E-state index contributed by atoms with van der Waals surface area (Å²) in [4.78, 5) is 27.0. The maximum atomic E-state index is 13.4. The average molecular weight is 545 g/mol. The molecular weight excluding hydrogens is 516 g/mol. The number of hydrogen-bond donors (Lipinski definition) is 1. The Morgan fingerprint density at radius 3 is 2.61 bits per heavy atom. The van der Waals surface area contributed by atoms with Gasteiger partial charge in [-0.15, -0.1) is 21.5 Å². The number of nitrogens with one attached hydrogen (secondary N) is 1. The van der Waals surface area contributed by atoms with Crippen LogP contribution in [0.4, 0.5) is 0 Å². The van der Waals surface area contributed by atoms with E-state index < -0.39 is 0 Å². The number of aromatic nitrogens is 3. The van der Waals surface area contributed by atoms with Gasteiger partial charge in [-0.2, -0.15) is 5.10 Å². The van der Waals surface area contributed by atoms with Crippen LogP contribution in [-0.4, -0.2) is 43.1 Å². The number of rotatable bonds is 8. The highest BCUT2D eigenvalue weighted by molar-refractivity contribution is 7.99. The van der Waals surface area contributed by atoms with Crippen molar-refractivity contribution in [1.29, 1.82) is 0 Å². The number of carbonyl (C=O) groups excluding carboxylic acids is 2. The smallest absolute Gasteiger partial charge is 0.253 e. The number of thiophene rings is 1. The first-order valence-corrected chi connectivity index (χ1v) is 14.1. The van der Waals surface area contributed by atoms with E-state index in [4.69, 9.17) is 5.10 Å². The first kappa shape index (κ1) is 25.9. The van der Waals surface area contributed by atoms with Crippen molar-refractivity contribution >= 4 is 40.6 Å². The third-order valence-electron chi connectivity index (χ3n) is 6.37. The van der Waals surface area contributed by atoms with E-state index in [9.17, 15) is 9.59 Å². The van der Waals surface area contributed by atoms with Gasteiger partial charge in [-0.3, -0.25) is 9.59 Å². The normalized spacial score (nSPS) is 15.0. The van der Waals surface area contributed by atoms with Gasteiger partial charge in [0, 0.05) is 19.0 Å². The number of carbonyl (C=O) groups is 2. The zero-order chi connectivity index (χ0) is 26.6. The van der Waals surface area contributed by atoms with E-state index in [2.05, 4.69) is 46.7 Å². The molecule has 2 aromatic heterocycles. The van der Waals surface area contributed by atoms with Gasteiger partial charge in [-0.1, -0.05) is 65.4 Å². The first-order valence-electron chi connectivity index (χ1n) is 12.2. The molecule has 1 aliphatic rings. The summed E-state index contributed by atoms with van der Waals surface area (Å²) in [6.07, 6.45) is 0.675. The summed E-state index contributed by atoms with van der Waals surface area (Å²) in [5.41, 5.74) is 4.79. The number of amides is 2. The van der Waals surface area contributed by atoms with Gasteiger partial charge in [0.1, 0.15) is 0 Å². The zero-order valence-corrected chi connectivity index (χ0v) is 23.1. The fourth-order valence-electron chi connectivity index (χ4n) is 4.24. The molecule has 0 fully saturated rings. The van der Waals surface area contributed by atoms with Crippen molar-refractivity contribution in [2.75, 3.05) is 5.75 Å². The van der Waals surface area contributed by atoms with Crippen LogP contribution in [-0.2, 0) is 18.4 Å². The molecule has 10 heteroatoms. The molecule has 8 nitrogen and oxygen atoms in total. The fraction of sp³-hybridized carbons (Fsp3) is 0.250. The molecule has 1 aliphatic heterocycles. The number of hydrogen-bond acceptors (Lipinski definition) is 7. The third-order valence-corrected chi connectivity index (χ3v) is 8.29. The molecule has 0 spiro atoms. The molecule has 1 N–H and O–H groups in total. The Kier molecular flexibility index (Phi) is 7.71. The summed E-state index contributed by atoms with van der Waals surface area (Å²) >= 11 is 2.94. The number of hydrazone groups is 1. The van der Waals surface area contributed by atoms with Crippen molar-refractivity contribution in [3.05, 3.63) is 99.0 Å². The molecule has 1 unspecified atom stereocenters. The molecule has 1 atom stereocenters. The Morgan fingerprint density at radius 2 is 1.87 bits per heavy atom. The van der Waals surface area contributed by atoms with E-state index in [0.29, 0.717) is 23.0 Å². The van der Waals surface area contributed by atoms with Gasteiger partial charge in [0.05, 0.1) is 28.9 Å². The lowest BCUT2D eigenvalue weighted by atomic mass is 10.00. The quantitative estimate of drug-likeness (QED) is 0.319. The van der Waals surface area contributed by atoms with Crippen LogP contribution in [0, 0.1) is 13.8 Å². The fourth-order valence-corrected chi connectivity index (χ4v) is 5.75. The highest BCUT2D eigenvalue weighted by Crippen LogP contribution is 2.34. The lowest BCUT2D eigenvalue weighted by Gasteiger charge is -2.22. The minimum Gasteiger partial charge on any atom is -0.345 e. The Balaban J connectivity index is 1.25. The summed E-state index contributed by atoms with van der Waals surface area (Å²) < 4.78 is 1.80. The Bertz CT molecular complexity index is 1480. The molecular formula is C28H28N6O2S2. The second kappa shape index (κ2) is 11.3. The van der Waals surface area contributed by atoms with Crippen molar-refractivity contribution < 1.29 is 9.59 Å². The second-order valence-corrected chi connectivity index (χ2v) is 11.1. The summed E-state index contributed by atoms with van der Waals surface area (Å²) in [5.74, 6) is 0.518. The van der Waals surface area contributed by atoms with E-state index in [0.717, 1.165) is 21.7 Å². The predicted octanol–water partition coefficient (Wildman–Crippen LogP) is 4.89. The number of aryl methyl sites for hydroxylation is 2. The number of thioether (sulfide) groups is 1. The van der Waals surface area contributed by atoms with Gasteiger partial charge in [-0.25, -0.2) is 5.01 Å². The maximum Gasteiger partial charge on any atom is 0.253 e. The summed E-state index contributed by atoms with van der Waals surface area (Å²) in [6, 6.07) is 19.6. The minimum atomic E-state index is -0.170. The molecule has 4 aromatic rings. The van der Waals surface area contributed by atoms with E-state index in [1.807, 2.05) is 49.7 Å². The van der Waals surface area contributed by atoms with Gasteiger partial charge < -0.3 is 9.88 Å². The van der Waals surface area contributed by atoms with Crippen LogP contribution >= 0.6 is 23.1 Å².